The number of primary amides is 1. The van der Waals surface area contributed by atoms with Crippen LogP contribution in [0.1, 0.15) is 43.6 Å². The number of ether oxygens (including phenoxy) is 2. The quantitative estimate of drug-likeness (QED) is 0.407. The summed E-state index contributed by atoms with van der Waals surface area (Å²) in [5, 5.41) is 5.49. The molecule has 3 rings (SSSR count). The van der Waals surface area contributed by atoms with Crippen molar-refractivity contribution in [2.75, 3.05) is 10.6 Å². The van der Waals surface area contributed by atoms with E-state index in [9.17, 15) is 14.0 Å². The van der Waals surface area contributed by atoms with Crippen LogP contribution in [0.15, 0.2) is 54.9 Å². The molecular formula is C25H27FN4O4. The molecule has 0 bridgehead atoms. The van der Waals surface area contributed by atoms with Crippen LogP contribution >= 0.6 is 0 Å². The van der Waals surface area contributed by atoms with E-state index in [1.165, 1.54) is 18.5 Å². The van der Waals surface area contributed by atoms with E-state index in [1.54, 1.807) is 57.2 Å². The first-order valence-electron chi connectivity index (χ1n) is 10.7. The molecular weight excluding hydrogens is 439 g/mol. The number of carbonyl (C=O) groups is 2. The molecule has 34 heavy (non-hydrogen) atoms. The molecule has 1 aromatic heterocycles. The summed E-state index contributed by atoms with van der Waals surface area (Å²) < 4.78 is 25.6. The molecule has 4 N–H and O–H groups in total. The van der Waals surface area contributed by atoms with Gasteiger partial charge in [0.1, 0.15) is 22.7 Å². The highest BCUT2D eigenvalue weighted by atomic mass is 19.1. The summed E-state index contributed by atoms with van der Waals surface area (Å²) in [6.07, 6.45) is 2.76. The fourth-order valence-corrected chi connectivity index (χ4v) is 3.08. The number of nitrogens with two attached hydrogens (primary N) is 1. The lowest BCUT2D eigenvalue weighted by molar-refractivity contribution is 0.0635. The van der Waals surface area contributed by atoms with Gasteiger partial charge in [-0.1, -0.05) is 19.1 Å². The molecule has 1 heterocycles. The Balaban J connectivity index is 1.86. The maximum Gasteiger partial charge on any atom is 0.412 e. The van der Waals surface area contributed by atoms with E-state index in [0.29, 0.717) is 17.9 Å². The molecule has 0 atom stereocenters. The van der Waals surface area contributed by atoms with Crippen molar-refractivity contribution in [3.8, 4) is 11.5 Å². The molecule has 0 spiro atoms. The van der Waals surface area contributed by atoms with Gasteiger partial charge in [0.05, 0.1) is 23.8 Å². The number of aryl methyl sites for hydroxylation is 1. The van der Waals surface area contributed by atoms with E-state index in [2.05, 4.69) is 15.6 Å². The highest BCUT2D eigenvalue weighted by Gasteiger charge is 2.19. The maximum absolute atomic E-state index is 14.5. The summed E-state index contributed by atoms with van der Waals surface area (Å²) in [4.78, 5) is 28.4. The van der Waals surface area contributed by atoms with Gasteiger partial charge in [-0.05, 0) is 57.0 Å². The van der Waals surface area contributed by atoms with E-state index in [1.807, 2.05) is 6.92 Å². The highest BCUT2D eigenvalue weighted by molar-refractivity contribution is 6.01. The van der Waals surface area contributed by atoms with Gasteiger partial charge >= 0.3 is 6.09 Å². The number of aromatic nitrogens is 1. The largest absolute Gasteiger partial charge is 0.455 e. The summed E-state index contributed by atoms with van der Waals surface area (Å²) in [5.41, 5.74) is 6.58. The molecule has 0 fully saturated rings. The van der Waals surface area contributed by atoms with Crippen molar-refractivity contribution in [1.29, 1.82) is 0 Å². The number of benzene rings is 2. The van der Waals surface area contributed by atoms with Crippen molar-refractivity contribution in [3.63, 3.8) is 0 Å². The average Bonchev–Trinajstić information content (AvgIpc) is 2.74. The number of carbonyl (C=O) groups excluding carboxylic acids is 2. The van der Waals surface area contributed by atoms with Crippen LogP contribution in [0.4, 0.5) is 26.2 Å². The molecule has 0 unspecified atom stereocenters. The molecule has 178 valence electrons. The number of hydrogen-bond acceptors (Lipinski definition) is 6. The van der Waals surface area contributed by atoms with E-state index in [0.717, 1.165) is 5.56 Å². The number of anilines is 3. The number of rotatable bonds is 7. The number of nitrogens with one attached hydrogen (secondary N) is 2. The van der Waals surface area contributed by atoms with Gasteiger partial charge in [0.15, 0.2) is 5.75 Å². The molecule has 8 nitrogen and oxygen atoms in total. The molecule has 0 aliphatic rings. The summed E-state index contributed by atoms with van der Waals surface area (Å²) in [6.45, 7) is 7.20. The zero-order valence-corrected chi connectivity index (χ0v) is 19.4. The minimum Gasteiger partial charge on any atom is -0.455 e. The van der Waals surface area contributed by atoms with Crippen LogP contribution in [0, 0.1) is 5.82 Å². The van der Waals surface area contributed by atoms with Crippen molar-refractivity contribution in [1.82, 2.24) is 4.98 Å². The van der Waals surface area contributed by atoms with Crippen LogP contribution in [0.5, 0.6) is 11.5 Å². The normalized spacial score (nSPS) is 11.0. The second-order valence-electron chi connectivity index (χ2n) is 8.47. The van der Waals surface area contributed by atoms with Crippen molar-refractivity contribution in [2.24, 2.45) is 5.73 Å². The van der Waals surface area contributed by atoms with Gasteiger partial charge < -0.3 is 20.5 Å². The molecule has 0 saturated carbocycles. The SMILES string of the molecule is CCc1ccc(Nc2cncc(Oc3cccc(NC(=O)OC(C)(C)C)c3)c2C(N)=O)c(F)c1. The molecule has 9 heteroatoms. The van der Waals surface area contributed by atoms with E-state index >= 15 is 0 Å². The lowest BCUT2D eigenvalue weighted by Crippen LogP contribution is -2.27. The zero-order valence-electron chi connectivity index (χ0n) is 19.4. The van der Waals surface area contributed by atoms with E-state index in [4.69, 9.17) is 15.2 Å². The first-order chi connectivity index (χ1) is 16.1. The van der Waals surface area contributed by atoms with Crippen molar-refractivity contribution in [3.05, 3.63) is 71.8 Å². The number of halogens is 1. The predicted octanol–water partition coefficient (Wildman–Crippen LogP) is 5.76. The number of nitrogens with zero attached hydrogens (tertiary/aromatic N) is 1. The molecule has 2 aromatic carbocycles. The Morgan fingerprint density at radius 3 is 2.50 bits per heavy atom. The Morgan fingerprint density at radius 1 is 1.09 bits per heavy atom. The van der Waals surface area contributed by atoms with Gasteiger partial charge in [0, 0.05) is 11.8 Å². The lowest BCUT2D eigenvalue weighted by Gasteiger charge is -2.20. The predicted molar refractivity (Wildman–Crippen MR) is 128 cm³/mol. The summed E-state index contributed by atoms with van der Waals surface area (Å²) in [6, 6.07) is 11.3. The van der Waals surface area contributed by atoms with Crippen LogP contribution in [0.25, 0.3) is 0 Å². The molecule has 0 aliphatic heterocycles. The molecule has 0 saturated heterocycles. The monoisotopic (exact) mass is 466 g/mol. The summed E-state index contributed by atoms with van der Waals surface area (Å²) >= 11 is 0. The fourth-order valence-electron chi connectivity index (χ4n) is 3.08. The Labute approximate surface area is 197 Å². The second-order valence-corrected chi connectivity index (χ2v) is 8.47. The molecule has 3 aromatic rings. The van der Waals surface area contributed by atoms with E-state index in [-0.39, 0.29) is 22.7 Å². The number of hydrogen-bond donors (Lipinski definition) is 3. The smallest absolute Gasteiger partial charge is 0.412 e. The highest BCUT2D eigenvalue weighted by Crippen LogP contribution is 2.32. The van der Waals surface area contributed by atoms with Crippen LogP contribution in [0.2, 0.25) is 0 Å². The maximum atomic E-state index is 14.5. The number of pyridine rings is 1. The molecule has 0 radical (unpaired) electrons. The van der Waals surface area contributed by atoms with Crippen LogP contribution in [-0.2, 0) is 11.2 Å². The Hall–Kier alpha value is -4.14. The first kappa shape index (κ1) is 24.5. The Kier molecular flexibility index (Phi) is 7.35. The fraction of sp³-hybridized carbons (Fsp3) is 0.240. The standard InChI is InChI=1S/C25H27FN4O4/c1-5-15-9-10-19(18(26)11-15)30-20-13-28-14-21(22(20)23(27)31)33-17-8-6-7-16(12-17)29-24(32)34-25(2,3)4/h6-14,30H,5H2,1-4H3,(H2,27,31)(H,29,32). The van der Waals surface area contributed by atoms with Crippen LogP contribution in [0.3, 0.4) is 0 Å². The zero-order chi connectivity index (χ0) is 24.9. The summed E-state index contributed by atoms with van der Waals surface area (Å²) in [7, 11) is 0. The second kappa shape index (κ2) is 10.2. The lowest BCUT2D eigenvalue weighted by atomic mass is 10.1. The van der Waals surface area contributed by atoms with Gasteiger partial charge in [-0.15, -0.1) is 0 Å². The van der Waals surface area contributed by atoms with Crippen molar-refractivity contribution >= 4 is 29.1 Å². The Bertz CT molecular complexity index is 1210. The number of amides is 2. The van der Waals surface area contributed by atoms with Gasteiger partial charge in [0.25, 0.3) is 5.91 Å². The van der Waals surface area contributed by atoms with Gasteiger partial charge in [-0.3, -0.25) is 15.1 Å². The van der Waals surface area contributed by atoms with Gasteiger partial charge in [0.2, 0.25) is 0 Å². The van der Waals surface area contributed by atoms with Crippen molar-refractivity contribution in [2.45, 2.75) is 39.7 Å². The first-order valence-corrected chi connectivity index (χ1v) is 10.7. The van der Waals surface area contributed by atoms with Gasteiger partial charge in [-0.2, -0.15) is 0 Å². The topological polar surface area (TPSA) is 116 Å². The van der Waals surface area contributed by atoms with Gasteiger partial charge in [-0.25, -0.2) is 9.18 Å². The molecule has 0 aliphatic carbocycles. The van der Waals surface area contributed by atoms with Crippen molar-refractivity contribution < 1.29 is 23.5 Å². The van der Waals surface area contributed by atoms with Crippen LogP contribution < -0.4 is 21.1 Å². The third-order valence-electron chi connectivity index (χ3n) is 4.58. The molecule has 2 amide bonds. The Morgan fingerprint density at radius 2 is 1.85 bits per heavy atom. The van der Waals surface area contributed by atoms with Crippen LogP contribution in [-0.4, -0.2) is 22.6 Å². The average molecular weight is 467 g/mol. The third kappa shape index (κ3) is 6.44. The van der Waals surface area contributed by atoms with E-state index < -0.39 is 23.4 Å². The minimum absolute atomic E-state index is 0.000488. The third-order valence-corrected chi connectivity index (χ3v) is 4.58. The summed E-state index contributed by atoms with van der Waals surface area (Å²) in [5.74, 6) is -0.874. The minimum atomic E-state index is -0.784.